The van der Waals surface area contributed by atoms with Gasteiger partial charge in [-0.1, -0.05) is 6.92 Å². The zero-order chi connectivity index (χ0) is 11.0. The van der Waals surface area contributed by atoms with E-state index in [9.17, 15) is 18.0 Å². The van der Waals surface area contributed by atoms with Gasteiger partial charge in [0.25, 0.3) is 0 Å². The van der Waals surface area contributed by atoms with Crippen LogP contribution >= 0.6 is 0 Å². The number of carbonyl (C=O) groups is 1. The number of rotatable bonds is 1. The SMILES string of the molecule is COC(=O)C1(C(F)(F)F)CNCC1C. The Morgan fingerprint density at radius 3 is 2.43 bits per heavy atom. The summed E-state index contributed by atoms with van der Waals surface area (Å²) in [6.45, 7) is 1.17. The number of methoxy groups -OCH3 is 1. The first-order valence-electron chi connectivity index (χ1n) is 4.22. The third-order valence-electron chi connectivity index (χ3n) is 2.75. The molecule has 1 heterocycles. The summed E-state index contributed by atoms with van der Waals surface area (Å²) < 4.78 is 42.5. The first-order chi connectivity index (χ1) is 6.36. The van der Waals surface area contributed by atoms with Crippen LogP contribution in [0.2, 0.25) is 0 Å². The molecule has 0 saturated carbocycles. The highest BCUT2D eigenvalue weighted by atomic mass is 19.4. The topological polar surface area (TPSA) is 38.3 Å². The van der Waals surface area contributed by atoms with E-state index in [-0.39, 0.29) is 6.54 Å². The summed E-state index contributed by atoms with van der Waals surface area (Å²) in [5.41, 5.74) is -2.37. The Morgan fingerprint density at radius 1 is 1.57 bits per heavy atom. The third kappa shape index (κ3) is 1.37. The van der Waals surface area contributed by atoms with E-state index in [4.69, 9.17) is 0 Å². The summed E-state index contributed by atoms with van der Waals surface area (Å²) in [7, 11) is 0.973. The van der Waals surface area contributed by atoms with Crippen molar-refractivity contribution < 1.29 is 22.7 Å². The van der Waals surface area contributed by atoms with E-state index in [1.807, 2.05) is 0 Å². The molecule has 0 aromatic carbocycles. The highest BCUT2D eigenvalue weighted by molar-refractivity contribution is 5.79. The van der Waals surface area contributed by atoms with Crippen molar-refractivity contribution >= 4 is 5.97 Å². The van der Waals surface area contributed by atoms with Gasteiger partial charge in [0.1, 0.15) is 0 Å². The molecule has 14 heavy (non-hydrogen) atoms. The number of esters is 1. The van der Waals surface area contributed by atoms with Gasteiger partial charge in [-0.25, -0.2) is 0 Å². The molecule has 0 spiro atoms. The fourth-order valence-corrected chi connectivity index (χ4v) is 1.79. The van der Waals surface area contributed by atoms with Crippen LogP contribution in [0.1, 0.15) is 6.92 Å². The molecular formula is C8H12F3NO2. The quantitative estimate of drug-likeness (QED) is 0.656. The fraction of sp³-hybridized carbons (Fsp3) is 0.875. The van der Waals surface area contributed by atoms with E-state index < -0.39 is 30.0 Å². The van der Waals surface area contributed by atoms with E-state index in [0.29, 0.717) is 0 Å². The lowest BCUT2D eigenvalue weighted by Gasteiger charge is -2.31. The highest BCUT2D eigenvalue weighted by Crippen LogP contribution is 2.47. The monoisotopic (exact) mass is 211 g/mol. The maximum absolute atomic E-state index is 12.8. The summed E-state index contributed by atoms with van der Waals surface area (Å²) in [5.74, 6) is -2.00. The lowest BCUT2D eigenvalue weighted by Crippen LogP contribution is -2.50. The number of halogens is 3. The number of nitrogens with one attached hydrogen (secondary N) is 1. The Morgan fingerprint density at radius 2 is 2.14 bits per heavy atom. The molecule has 1 aliphatic rings. The minimum atomic E-state index is -4.57. The Labute approximate surface area is 79.6 Å². The number of hydrogen-bond donors (Lipinski definition) is 1. The van der Waals surface area contributed by atoms with Gasteiger partial charge in [-0.3, -0.25) is 4.79 Å². The van der Waals surface area contributed by atoms with E-state index in [1.54, 1.807) is 0 Å². The van der Waals surface area contributed by atoms with Crippen LogP contribution in [0.5, 0.6) is 0 Å². The second-order valence-corrected chi connectivity index (χ2v) is 3.49. The van der Waals surface area contributed by atoms with Crippen molar-refractivity contribution in [3.05, 3.63) is 0 Å². The van der Waals surface area contributed by atoms with Crippen LogP contribution in [0.15, 0.2) is 0 Å². The summed E-state index contributed by atoms with van der Waals surface area (Å²) in [5, 5.41) is 2.56. The van der Waals surface area contributed by atoms with Gasteiger partial charge < -0.3 is 10.1 Å². The maximum Gasteiger partial charge on any atom is 0.406 e. The van der Waals surface area contributed by atoms with E-state index in [0.717, 1.165) is 7.11 Å². The van der Waals surface area contributed by atoms with Gasteiger partial charge in [0.05, 0.1) is 7.11 Å². The first kappa shape index (κ1) is 11.3. The molecule has 1 fully saturated rings. The van der Waals surface area contributed by atoms with Crippen LogP contribution in [0, 0.1) is 11.3 Å². The van der Waals surface area contributed by atoms with Gasteiger partial charge in [-0.2, -0.15) is 13.2 Å². The molecule has 1 N–H and O–H groups in total. The van der Waals surface area contributed by atoms with Crippen LogP contribution in [0.3, 0.4) is 0 Å². The lowest BCUT2D eigenvalue weighted by atomic mass is 9.78. The van der Waals surface area contributed by atoms with Crippen LogP contribution in [-0.4, -0.2) is 32.3 Å². The third-order valence-corrected chi connectivity index (χ3v) is 2.75. The largest absolute Gasteiger partial charge is 0.468 e. The van der Waals surface area contributed by atoms with Crippen molar-refractivity contribution in [2.24, 2.45) is 11.3 Å². The predicted octanol–water partition coefficient (Wildman–Crippen LogP) is 0.947. The second-order valence-electron chi connectivity index (χ2n) is 3.49. The van der Waals surface area contributed by atoms with Crippen molar-refractivity contribution in [2.45, 2.75) is 13.1 Å². The normalized spacial score (nSPS) is 33.1. The van der Waals surface area contributed by atoms with E-state index in [1.165, 1.54) is 6.92 Å². The van der Waals surface area contributed by atoms with Crippen LogP contribution in [0.25, 0.3) is 0 Å². The van der Waals surface area contributed by atoms with Crippen LogP contribution in [0.4, 0.5) is 13.2 Å². The molecule has 1 aliphatic heterocycles. The Bertz CT molecular complexity index is 241. The van der Waals surface area contributed by atoms with Gasteiger partial charge in [0.15, 0.2) is 5.41 Å². The van der Waals surface area contributed by atoms with Gasteiger partial charge >= 0.3 is 12.1 Å². The van der Waals surface area contributed by atoms with Gasteiger partial charge in [-0.05, 0) is 12.5 Å². The zero-order valence-electron chi connectivity index (χ0n) is 7.94. The molecule has 2 unspecified atom stereocenters. The molecule has 3 nitrogen and oxygen atoms in total. The maximum atomic E-state index is 12.8. The summed E-state index contributed by atoms with van der Waals surface area (Å²) in [4.78, 5) is 11.2. The molecule has 1 saturated heterocycles. The van der Waals surface area contributed by atoms with Crippen molar-refractivity contribution in [2.75, 3.05) is 20.2 Å². The number of carbonyl (C=O) groups excluding carboxylic acids is 1. The average molecular weight is 211 g/mol. The molecule has 0 radical (unpaired) electrons. The van der Waals surface area contributed by atoms with Crippen molar-refractivity contribution in [1.82, 2.24) is 5.32 Å². The molecule has 0 aromatic rings. The van der Waals surface area contributed by atoms with Crippen LogP contribution < -0.4 is 5.32 Å². The standard InChI is InChI=1S/C8H12F3NO2/c1-5-3-12-4-7(5,6(13)14-2)8(9,10)11/h5,12H,3-4H2,1-2H3. The molecule has 0 aliphatic carbocycles. The molecule has 82 valence electrons. The van der Waals surface area contributed by atoms with Crippen molar-refractivity contribution in [1.29, 1.82) is 0 Å². The second kappa shape index (κ2) is 3.42. The van der Waals surface area contributed by atoms with Gasteiger partial charge in [-0.15, -0.1) is 0 Å². The van der Waals surface area contributed by atoms with E-state index in [2.05, 4.69) is 10.1 Å². The molecule has 6 heteroatoms. The number of hydrogen-bond acceptors (Lipinski definition) is 3. The van der Waals surface area contributed by atoms with Crippen molar-refractivity contribution in [3.8, 4) is 0 Å². The smallest absolute Gasteiger partial charge is 0.406 e. The van der Waals surface area contributed by atoms with Gasteiger partial charge in [0.2, 0.25) is 0 Å². The van der Waals surface area contributed by atoms with Crippen LogP contribution in [-0.2, 0) is 9.53 Å². The Hall–Kier alpha value is -0.780. The van der Waals surface area contributed by atoms with Crippen molar-refractivity contribution in [3.63, 3.8) is 0 Å². The molecule has 1 rings (SSSR count). The predicted molar refractivity (Wildman–Crippen MR) is 42.5 cm³/mol. The van der Waals surface area contributed by atoms with E-state index >= 15 is 0 Å². The van der Waals surface area contributed by atoms with Gasteiger partial charge in [0, 0.05) is 6.54 Å². The summed E-state index contributed by atoms with van der Waals surface area (Å²) >= 11 is 0. The number of ether oxygens (including phenoxy) is 1. The lowest BCUT2D eigenvalue weighted by molar-refractivity contribution is -0.237. The zero-order valence-corrected chi connectivity index (χ0v) is 7.94. The average Bonchev–Trinajstić information content (AvgIpc) is 2.45. The Balaban J connectivity index is 3.08. The first-order valence-corrected chi connectivity index (χ1v) is 4.22. The molecular weight excluding hydrogens is 199 g/mol. The Kier molecular flexibility index (Phi) is 2.76. The minimum Gasteiger partial charge on any atom is -0.468 e. The molecule has 2 atom stereocenters. The summed E-state index contributed by atoms with van der Waals surface area (Å²) in [6, 6.07) is 0. The molecule has 0 bridgehead atoms. The molecule has 0 amide bonds. The molecule has 0 aromatic heterocycles. The number of alkyl halides is 3. The fourth-order valence-electron chi connectivity index (χ4n) is 1.79. The summed E-state index contributed by atoms with van der Waals surface area (Å²) in [6.07, 6.45) is -4.57. The minimum absolute atomic E-state index is 0.175. The highest BCUT2D eigenvalue weighted by Gasteiger charge is 2.66.